The highest BCUT2D eigenvalue weighted by atomic mass is 35.5. The Morgan fingerprint density at radius 1 is 0.971 bits per heavy atom. The van der Waals surface area contributed by atoms with Crippen LogP contribution in [0.25, 0.3) is 0 Å². The highest BCUT2D eigenvalue weighted by Crippen LogP contribution is 2.25. The molecule has 1 amide bonds. The fourth-order valence-electron chi connectivity index (χ4n) is 3.78. The van der Waals surface area contributed by atoms with Crippen molar-refractivity contribution >= 4 is 58.0 Å². The third kappa shape index (κ3) is 6.60. The SMILES string of the molecule is CCc1cccc(C)c1C(=S)NC(Cc1ccc(NC(=O)c2c(Cl)cccc2Cl)cc1)C(=O)OC. The van der Waals surface area contributed by atoms with E-state index < -0.39 is 17.9 Å². The monoisotopic (exact) mass is 528 g/mol. The normalized spacial score (nSPS) is 11.5. The summed E-state index contributed by atoms with van der Waals surface area (Å²) < 4.78 is 5.01. The zero-order valence-electron chi connectivity index (χ0n) is 19.7. The Hall–Kier alpha value is -2.93. The molecule has 0 spiro atoms. The van der Waals surface area contributed by atoms with Gasteiger partial charge in [0.05, 0.1) is 22.7 Å². The summed E-state index contributed by atoms with van der Waals surface area (Å²) >= 11 is 17.9. The van der Waals surface area contributed by atoms with Crippen LogP contribution in [0, 0.1) is 6.92 Å². The van der Waals surface area contributed by atoms with Gasteiger partial charge in [0.2, 0.25) is 0 Å². The topological polar surface area (TPSA) is 67.4 Å². The van der Waals surface area contributed by atoms with Crippen LogP contribution < -0.4 is 10.6 Å². The van der Waals surface area contributed by atoms with Gasteiger partial charge in [-0.05, 0) is 54.3 Å². The van der Waals surface area contributed by atoms with Gasteiger partial charge in [0, 0.05) is 17.7 Å². The predicted molar refractivity (Wildman–Crippen MR) is 146 cm³/mol. The molecule has 1 atom stereocenters. The number of anilines is 1. The first-order valence-corrected chi connectivity index (χ1v) is 12.2. The van der Waals surface area contributed by atoms with Gasteiger partial charge in [-0.3, -0.25) is 4.79 Å². The number of ether oxygens (including phenoxy) is 1. The van der Waals surface area contributed by atoms with Gasteiger partial charge in [0.15, 0.2) is 0 Å². The average Bonchev–Trinajstić information content (AvgIpc) is 2.83. The molecule has 3 aromatic carbocycles. The first-order chi connectivity index (χ1) is 16.7. The molecule has 0 fully saturated rings. The minimum absolute atomic E-state index is 0.214. The van der Waals surface area contributed by atoms with Crippen molar-refractivity contribution in [2.75, 3.05) is 12.4 Å². The molecule has 8 heteroatoms. The molecule has 0 heterocycles. The summed E-state index contributed by atoms with van der Waals surface area (Å²) in [7, 11) is 1.35. The van der Waals surface area contributed by atoms with Crippen molar-refractivity contribution in [3.63, 3.8) is 0 Å². The number of halogens is 2. The highest BCUT2D eigenvalue weighted by molar-refractivity contribution is 7.80. The molecule has 0 radical (unpaired) electrons. The maximum absolute atomic E-state index is 12.6. The summed E-state index contributed by atoms with van der Waals surface area (Å²) in [4.78, 5) is 25.7. The first-order valence-electron chi connectivity index (χ1n) is 11.1. The molecule has 0 bridgehead atoms. The number of hydrogen-bond donors (Lipinski definition) is 2. The second-order valence-electron chi connectivity index (χ2n) is 7.96. The molecule has 5 nitrogen and oxygen atoms in total. The van der Waals surface area contributed by atoms with Crippen LogP contribution in [-0.4, -0.2) is 30.0 Å². The second-order valence-corrected chi connectivity index (χ2v) is 9.19. The summed E-state index contributed by atoms with van der Waals surface area (Å²) in [6, 6.07) is 17.4. The van der Waals surface area contributed by atoms with Crippen molar-refractivity contribution in [2.45, 2.75) is 32.7 Å². The fourth-order valence-corrected chi connectivity index (χ4v) is 4.79. The number of carbonyl (C=O) groups is 2. The van der Waals surface area contributed by atoms with Gasteiger partial charge < -0.3 is 15.4 Å². The van der Waals surface area contributed by atoms with Crippen molar-refractivity contribution in [3.05, 3.63) is 98.5 Å². The van der Waals surface area contributed by atoms with E-state index in [2.05, 4.69) is 17.6 Å². The average molecular weight is 529 g/mol. The molecule has 182 valence electrons. The van der Waals surface area contributed by atoms with Crippen LogP contribution in [0.3, 0.4) is 0 Å². The summed E-state index contributed by atoms with van der Waals surface area (Å²) in [6.07, 6.45) is 1.18. The minimum atomic E-state index is -0.667. The van der Waals surface area contributed by atoms with E-state index in [-0.39, 0.29) is 15.6 Å². The van der Waals surface area contributed by atoms with E-state index in [4.69, 9.17) is 40.2 Å². The van der Waals surface area contributed by atoms with Gasteiger partial charge in [-0.25, -0.2) is 4.79 Å². The predicted octanol–water partition coefficient (Wildman–Crippen LogP) is 6.17. The zero-order valence-corrected chi connectivity index (χ0v) is 22.0. The fraction of sp³-hybridized carbons (Fsp3) is 0.222. The van der Waals surface area contributed by atoms with Crippen molar-refractivity contribution in [1.82, 2.24) is 5.32 Å². The summed E-state index contributed by atoms with van der Waals surface area (Å²) in [6.45, 7) is 4.07. The molecule has 35 heavy (non-hydrogen) atoms. The number of carbonyl (C=O) groups excluding carboxylic acids is 2. The number of benzene rings is 3. The van der Waals surface area contributed by atoms with Gasteiger partial charge in [0.25, 0.3) is 5.91 Å². The zero-order chi connectivity index (χ0) is 25.5. The quantitative estimate of drug-likeness (QED) is 0.270. The largest absolute Gasteiger partial charge is 0.467 e. The van der Waals surface area contributed by atoms with Gasteiger partial charge in [-0.15, -0.1) is 0 Å². The lowest BCUT2D eigenvalue weighted by Crippen LogP contribution is -2.43. The lowest BCUT2D eigenvalue weighted by Gasteiger charge is -2.21. The molecule has 0 aromatic heterocycles. The Bertz CT molecular complexity index is 1230. The van der Waals surface area contributed by atoms with Crippen LogP contribution in [0.4, 0.5) is 5.69 Å². The lowest BCUT2D eigenvalue weighted by molar-refractivity contribution is -0.142. The molecule has 3 aromatic rings. The number of methoxy groups -OCH3 is 1. The number of amides is 1. The standard InChI is InChI=1S/C27H26Cl2N2O3S/c1-4-18-8-5-7-16(2)23(18)26(35)31-22(27(33)34-3)15-17-11-13-19(14-12-17)30-25(32)24-20(28)9-6-10-21(24)29/h5-14,22H,4,15H2,1-3H3,(H,30,32)(H,31,35). The first kappa shape index (κ1) is 26.7. The van der Waals surface area contributed by atoms with Crippen molar-refractivity contribution in [2.24, 2.45) is 0 Å². The molecule has 1 unspecified atom stereocenters. The number of hydrogen-bond acceptors (Lipinski definition) is 4. The number of aryl methyl sites for hydroxylation is 2. The molecule has 0 aliphatic carbocycles. The second kappa shape index (κ2) is 12.2. The van der Waals surface area contributed by atoms with Gasteiger partial charge in [0.1, 0.15) is 11.0 Å². The Labute approximate surface area is 220 Å². The Morgan fingerprint density at radius 3 is 2.20 bits per heavy atom. The van der Waals surface area contributed by atoms with E-state index in [1.807, 2.05) is 37.3 Å². The molecular formula is C27H26Cl2N2O3S. The number of thiocarbonyl (C=S) groups is 1. The van der Waals surface area contributed by atoms with Crippen molar-refractivity contribution in [1.29, 1.82) is 0 Å². The molecular weight excluding hydrogens is 503 g/mol. The summed E-state index contributed by atoms with van der Waals surface area (Å²) in [5.74, 6) is -0.817. The van der Waals surface area contributed by atoms with Crippen LogP contribution >= 0.6 is 35.4 Å². The molecule has 0 saturated carbocycles. The van der Waals surface area contributed by atoms with Crippen LogP contribution in [0.2, 0.25) is 10.0 Å². The number of esters is 1. The van der Waals surface area contributed by atoms with Crippen LogP contribution in [0.15, 0.2) is 60.7 Å². The third-order valence-corrected chi connectivity index (χ3v) is 6.55. The molecule has 0 saturated heterocycles. The Morgan fingerprint density at radius 2 is 1.60 bits per heavy atom. The van der Waals surface area contributed by atoms with Crippen molar-refractivity contribution < 1.29 is 14.3 Å². The summed E-state index contributed by atoms with van der Waals surface area (Å²) in [5.41, 5.74) is 4.75. The minimum Gasteiger partial charge on any atom is -0.467 e. The molecule has 3 rings (SSSR count). The molecule has 0 aliphatic rings. The molecule has 0 aliphatic heterocycles. The van der Waals surface area contributed by atoms with E-state index in [9.17, 15) is 9.59 Å². The maximum atomic E-state index is 12.6. The number of rotatable bonds is 8. The van der Waals surface area contributed by atoms with E-state index in [0.29, 0.717) is 17.1 Å². The van der Waals surface area contributed by atoms with E-state index in [1.165, 1.54) is 7.11 Å². The van der Waals surface area contributed by atoms with Gasteiger partial charge >= 0.3 is 5.97 Å². The van der Waals surface area contributed by atoms with Crippen LogP contribution in [0.1, 0.15) is 39.5 Å². The van der Waals surface area contributed by atoms with E-state index >= 15 is 0 Å². The lowest BCUT2D eigenvalue weighted by atomic mass is 9.99. The van der Waals surface area contributed by atoms with Gasteiger partial charge in [-0.1, -0.05) is 78.7 Å². The third-order valence-electron chi connectivity index (χ3n) is 5.60. The smallest absolute Gasteiger partial charge is 0.328 e. The Kier molecular flexibility index (Phi) is 9.26. The molecule has 2 N–H and O–H groups in total. The maximum Gasteiger partial charge on any atom is 0.328 e. The van der Waals surface area contributed by atoms with Crippen LogP contribution in [-0.2, 0) is 22.4 Å². The van der Waals surface area contributed by atoms with Crippen LogP contribution in [0.5, 0.6) is 0 Å². The van der Waals surface area contributed by atoms with Gasteiger partial charge in [-0.2, -0.15) is 0 Å². The van der Waals surface area contributed by atoms with E-state index in [1.54, 1.807) is 30.3 Å². The highest BCUT2D eigenvalue weighted by Gasteiger charge is 2.23. The summed E-state index contributed by atoms with van der Waals surface area (Å²) in [5, 5.41) is 6.52. The van der Waals surface area contributed by atoms with E-state index in [0.717, 1.165) is 28.7 Å². The Balaban J connectivity index is 1.74. The van der Waals surface area contributed by atoms with Crippen molar-refractivity contribution in [3.8, 4) is 0 Å². The number of nitrogens with one attached hydrogen (secondary N) is 2.